The SMILES string of the molecule is COc1ccc(N2CCC(NC3CCC(O)CC3)CC2)cc1. The second kappa shape index (κ2) is 7.34. The van der Waals surface area contributed by atoms with Crippen molar-refractivity contribution < 1.29 is 9.84 Å². The van der Waals surface area contributed by atoms with E-state index in [1.54, 1.807) is 7.11 Å². The van der Waals surface area contributed by atoms with Crippen LogP contribution in [0.5, 0.6) is 5.75 Å². The number of hydrogen-bond donors (Lipinski definition) is 2. The van der Waals surface area contributed by atoms with E-state index < -0.39 is 0 Å². The number of ether oxygens (including phenoxy) is 1. The van der Waals surface area contributed by atoms with E-state index in [9.17, 15) is 5.11 Å². The predicted octanol–water partition coefficient (Wildman–Crippen LogP) is 2.56. The van der Waals surface area contributed by atoms with Crippen LogP contribution in [-0.4, -0.2) is 43.5 Å². The Labute approximate surface area is 133 Å². The van der Waals surface area contributed by atoms with Crippen molar-refractivity contribution in [3.8, 4) is 5.75 Å². The Bertz CT molecular complexity index is 447. The summed E-state index contributed by atoms with van der Waals surface area (Å²) in [6.07, 6.45) is 6.51. The Balaban J connectivity index is 1.45. The van der Waals surface area contributed by atoms with E-state index in [1.807, 2.05) is 12.1 Å². The highest BCUT2D eigenvalue weighted by atomic mass is 16.5. The Morgan fingerprint density at radius 3 is 2.14 bits per heavy atom. The number of anilines is 1. The van der Waals surface area contributed by atoms with E-state index in [4.69, 9.17) is 4.74 Å². The molecule has 1 saturated carbocycles. The number of hydrogen-bond acceptors (Lipinski definition) is 4. The zero-order chi connectivity index (χ0) is 15.4. The maximum atomic E-state index is 9.59. The van der Waals surface area contributed by atoms with Gasteiger partial charge in [-0.2, -0.15) is 0 Å². The van der Waals surface area contributed by atoms with Crippen LogP contribution in [0.1, 0.15) is 38.5 Å². The van der Waals surface area contributed by atoms with E-state index in [0.717, 1.165) is 44.5 Å². The molecule has 1 aromatic carbocycles. The first-order chi connectivity index (χ1) is 10.7. The lowest BCUT2D eigenvalue weighted by atomic mass is 9.91. The second-order valence-electron chi connectivity index (χ2n) is 6.63. The van der Waals surface area contributed by atoms with Crippen LogP contribution in [0.15, 0.2) is 24.3 Å². The molecule has 1 aromatic rings. The van der Waals surface area contributed by atoms with Gasteiger partial charge in [0.05, 0.1) is 13.2 Å². The second-order valence-corrected chi connectivity index (χ2v) is 6.63. The van der Waals surface area contributed by atoms with Gasteiger partial charge in [-0.1, -0.05) is 0 Å². The number of benzene rings is 1. The van der Waals surface area contributed by atoms with Crippen LogP contribution >= 0.6 is 0 Å². The number of methoxy groups -OCH3 is 1. The Morgan fingerprint density at radius 1 is 0.955 bits per heavy atom. The van der Waals surface area contributed by atoms with Crippen molar-refractivity contribution in [1.82, 2.24) is 5.32 Å². The molecule has 122 valence electrons. The summed E-state index contributed by atoms with van der Waals surface area (Å²) in [5.41, 5.74) is 1.29. The van der Waals surface area contributed by atoms with Gasteiger partial charge in [-0.05, 0) is 62.8 Å². The highest BCUT2D eigenvalue weighted by molar-refractivity contribution is 5.49. The van der Waals surface area contributed by atoms with Crippen LogP contribution in [0.2, 0.25) is 0 Å². The molecule has 2 N–H and O–H groups in total. The first-order valence-corrected chi connectivity index (χ1v) is 8.57. The maximum absolute atomic E-state index is 9.59. The van der Waals surface area contributed by atoms with Crippen LogP contribution in [0, 0.1) is 0 Å². The fraction of sp³-hybridized carbons (Fsp3) is 0.667. The van der Waals surface area contributed by atoms with Crippen molar-refractivity contribution in [2.45, 2.75) is 56.7 Å². The molecule has 2 fully saturated rings. The Morgan fingerprint density at radius 2 is 1.55 bits per heavy atom. The zero-order valence-electron chi connectivity index (χ0n) is 13.5. The van der Waals surface area contributed by atoms with Gasteiger partial charge in [-0.25, -0.2) is 0 Å². The van der Waals surface area contributed by atoms with Crippen molar-refractivity contribution in [1.29, 1.82) is 0 Å². The van der Waals surface area contributed by atoms with Gasteiger partial charge in [0.1, 0.15) is 5.75 Å². The molecule has 1 heterocycles. The van der Waals surface area contributed by atoms with Crippen LogP contribution in [0.4, 0.5) is 5.69 Å². The molecule has 1 aliphatic carbocycles. The summed E-state index contributed by atoms with van der Waals surface area (Å²) in [6.45, 7) is 2.22. The first kappa shape index (κ1) is 15.6. The Hall–Kier alpha value is -1.26. The summed E-state index contributed by atoms with van der Waals surface area (Å²) in [7, 11) is 1.70. The van der Waals surface area contributed by atoms with Gasteiger partial charge < -0.3 is 20.1 Å². The van der Waals surface area contributed by atoms with Gasteiger partial charge in [-0.15, -0.1) is 0 Å². The van der Waals surface area contributed by atoms with Crippen LogP contribution in [0.25, 0.3) is 0 Å². The van der Waals surface area contributed by atoms with Gasteiger partial charge in [0.15, 0.2) is 0 Å². The molecule has 0 spiro atoms. The van der Waals surface area contributed by atoms with Crippen molar-refractivity contribution in [3.63, 3.8) is 0 Å². The molecule has 0 aromatic heterocycles. The predicted molar refractivity (Wildman–Crippen MR) is 89.6 cm³/mol. The summed E-state index contributed by atoms with van der Waals surface area (Å²) in [6, 6.07) is 9.61. The standard InChI is InChI=1S/C18H28N2O2/c1-22-18-8-4-16(5-9-18)20-12-10-15(11-13-20)19-14-2-6-17(21)7-3-14/h4-5,8-9,14-15,17,19,21H,2-3,6-7,10-13H2,1H3. The zero-order valence-corrected chi connectivity index (χ0v) is 13.5. The minimum absolute atomic E-state index is 0.0602. The molecule has 1 saturated heterocycles. The molecule has 22 heavy (non-hydrogen) atoms. The van der Waals surface area contributed by atoms with Crippen molar-refractivity contribution in [3.05, 3.63) is 24.3 Å². The minimum Gasteiger partial charge on any atom is -0.497 e. The van der Waals surface area contributed by atoms with Crippen LogP contribution < -0.4 is 15.0 Å². The first-order valence-electron chi connectivity index (χ1n) is 8.57. The number of aliphatic hydroxyl groups excluding tert-OH is 1. The number of nitrogens with one attached hydrogen (secondary N) is 1. The normalized spacial score (nSPS) is 26.9. The number of rotatable bonds is 4. The third-order valence-electron chi connectivity index (χ3n) is 5.10. The molecule has 4 heteroatoms. The molecule has 2 aliphatic rings. The van der Waals surface area contributed by atoms with Crippen LogP contribution in [0.3, 0.4) is 0 Å². The average molecular weight is 304 g/mol. The molecule has 0 bridgehead atoms. The smallest absolute Gasteiger partial charge is 0.119 e. The molecule has 0 unspecified atom stereocenters. The van der Waals surface area contributed by atoms with Gasteiger partial charge in [0.2, 0.25) is 0 Å². The van der Waals surface area contributed by atoms with Gasteiger partial charge >= 0.3 is 0 Å². The van der Waals surface area contributed by atoms with Gasteiger partial charge in [0, 0.05) is 30.9 Å². The molecule has 1 aliphatic heterocycles. The van der Waals surface area contributed by atoms with E-state index in [2.05, 4.69) is 22.3 Å². The summed E-state index contributed by atoms with van der Waals surface area (Å²) < 4.78 is 5.22. The topological polar surface area (TPSA) is 44.7 Å². The summed E-state index contributed by atoms with van der Waals surface area (Å²) in [4.78, 5) is 2.46. The average Bonchev–Trinajstić information content (AvgIpc) is 2.58. The Kier molecular flexibility index (Phi) is 5.21. The lowest BCUT2D eigenvalue weighted by molar-refractivity contribution is 0.113. The fourth-order valence-electron chi connectivity index (χ4n) is 3.67. The maximum Gasteiger partial charge on any atom is 0.119 e. The number of nitrogens with zero attached hydrogens (tertiary/aromatic N) is 1. The summed E-state index contributed by atoms with van der Waals surface area (Å²) in [5, 5.41) is 13.4. The number of piperidine rings is 1. The van der Waals surface area contributed by atoms with Gasteiger partial charge in [-0.3, -0.25) is 0 Å². The third kappa shape index (κ3) is 3.93. The summed E-state index contributed by atoms with van der Waals surface area (Å²) >= 11 is 0. The van der Waals surface area contributed by atoms with Gasteiger partial charge in [0.25, 0.3) is 0 Å². The monoisotopic (exact) mass is 304 g/mol. The van der Waals surface area contributed by atoms with E-state index in [-0.39, 0.29) is 6.10 Å². The van der Waals surface area contributed by atoms with Crippen molar-refractivity contribution in [2.24, 2.45) is 0 Å². The largest absolute Gasteiger partial charge is 0.497 e. The lowest BCUT2D eigenvalue weighted by Gasteiger charge is -2.37. The number of aliphatic hydroxyl groups is 1. The highest BCUT2D eigenvalue weighted by Gasteiger charge is 2.24. The molecule has 0 atom stereocenters. The molecule has 3 rings (SSSR count). The molecular weight excluding hydrogens is 276 g/mol. The van der Waals surface area contributed by atoms with E-state index >= 15 is 0 Å². The van der Waals surface area contributed by atoms with Crippen molar-refractivity contribution in [2.75, 3.05) is 25.1 Å². The molecule has 0 amide bonds. The lowest BCUT2D eigenvalue weighted by Crippen LogP contribution is -2.47. The molecule has 0 radical (unpaired) electrons. The van der Waals surface area contributed by atoms with Crippen molar-refractivity contribution >= 4 is 5.69 Å². The fourth-order valence-corrected chi connectivity index (χ4v) is 3.67. The van der Waals surface area contributed by atoms with E-state index in [1.165, 1.54) is 18.5 Å². The minimum atomic E-state index is -0.0602. The quantitative estimate of drug-likeness (QED) is 0.897. The molecular formula is C18H28N2O2. The van der Waals surface area contributed by atoms with Crippen LogP contribution in [-0.2, 0) is 0 Å². The highest BCUT2D eigenvalue weighted by Crippen LogP contribution is 2.24. The summed E-state index contributed by atoms with van der Waals surface area (Å²) in [5.74, 6) is 0.916. The van der Waals surface area contributed by atoms with E-state index in [0.29, 0.717) is 12.1 Å². The third-order valence-corrected chi connectivity index (χ3v) is 5.10. The molecule has 4 nitrogen and oxygen atoms in total.